The van der Waals surface area contributed by atoms with Gasteiger partial charge in [-0.2, -0.15) is 4.98 Å². The Morgan fingerprint density at radius 3 is 2.85 bits per heavy atom. The Hall–Kier alpha value is -3.49. The second-order valence-corrected chi connectivity index (χ2v) is 8.84. The number of fused-ring (bicyclic) bond motifs is 3. The Morgan fingerprint density at radius 1 is 1.09 bits per heavy atom. The summed E-state index contributed by atoms with van der Waals surface area (Å²) in [6, 6.07) is 9.38. The third kappa shape index (κ3) is 3.42. The molecule has 0 saturated heterocycles. The predicted octanol–water partition coefficient (Wildman–Crippen LogP) is 4.19. The highest BCUT2D eigenvalue weighted by Crippen LogP contribution is 2.56. The monoisotopic (exact) mass is 453 g/mol. The normalized spacial score (nSPS) is 24.9. The first-order chi connectivity index (χ1) is 16.1. The van der Waals surface area contributed by atoms with Crippen LogP contribution in [0, 0.1) is 29.4 Å². The van der Waals surface area contributed by atoms with E-state index in [0.717, 1.165) is 30.9 Å². The third-order valence-corrected chi connectivity index (χ3v) is 7.06. The number of amides is 1. The predicted molar refractivity (Wildman–Crippen MR) is 111 cm³/mol. The fourth-order valence-corrected chi connectivity index (χ4v) is 5.53. The first kappa shape index (κ1) is 20.1. The van der Waals surface area contributed by atoms with Crippen molar-refractivity contribution in [3.63, 3.8) is 0 Å². The van der Waals surface area contributed by atoms with Crippen molar-refractivity contribution in [3.05, 3.63) is 59.5 Å². The molecule has 33 heavy (non-hydrogen) atoms. The van der Waals surface area contributed by atoms with E-state index in [4.69, 9.17) is 14.0 Å². The first-order valence-electron chi connectivity index (χ1n) is 11.0. The second-order valence-electron chi connectivity index (χ2n) is 8.84. The molecular weight excluding hydrogens is 432 g/mol. The Bertz CT molecular complexity index is 1230. The van der Waals surface area contributed by atoms with Gasteiger partial charge in [0.25, 0.3) is 0 Å². The van der Waals surface area contributed by atoms with Crippen molar-refractivity contribution in [2.24, 2.45) is 17.8 Å². The number of nitrogens with zero attached hydrogens (tertiary/aromatic N) is 2. The van der Waals surface area contributed by atoms with E-state index in [1.807, 2.05) is 6.07 Å². The Balaban J connectivity index is 1.22. The highest BCUT2D eigenvalue weighted by atomic mass is 19.2. The van der Waals surface area contributed by atoms with Crippen molar-refractivity contribution >= 4 is 5.91 Å². The van der Waals surface area contributed by atoms with Gasteiger partial charge in [-0.3, -0.25) is 4.79 Å². The minimum atomic E-state index is -0.937. The van der Waals surface area contributed by atoms with E-state index in [2.05, 4.69) is 15.5 Å². The van der Waals surface area contributed by atoms with Crippen LogP contribution in [-0.4, -0.2) is 22.8 Å². The molecule has 1 aromatic heterocycles. The minimum absolute atomic E-state index is 0.0741. The average molecular weight is 453 g/mol. The molecule has 3 aliphatic rings. The molecule has 2 saturated carbocycles. The van der Waals surface area contributed by atoms with Crippen LogP contribution in [0.5, 0.6) is 11.5 Å². The van der Waals surface area contributed by atoms with E-state index >= 15 is 0 Å². The van der Waals surface area contributed by atoms with Crippen LogP contribution in [0.2, 0.25) is 0 Å². The molecule has 2 aromatic carbocycles. The van der Waals surface area contributed by atoms with Crippen LogP contribution in [0.3, 0.4) is 0 Å². The van der Waals surface area contributed by atoms with Crippen LogP contribution in [0.1, 0.15) is 36.6 Å². The van der Waals surface area contributed by atoms with Crippen LogP contribution in [0.4, 0.5) is 8.78 Å². The number of aromatic nitrogens is 2. The molecule has 1 N–H and O–H groups in total. The largest absolute Gasteiger partial charge is 0.454 e. The van der Waals surface area contributed by atoms with E-state index in [9.17, 15) is 13.6 Å². The first-order valence-corrected chi connectivity index (χ1v) is 11.0. The second kappa shape index (κ2) is 7.83. The highest BCUT2D eigenvalue weighted by molar-refractivity contribution is 5.80. The highest BCUT2D eigenvalue weighted by Gasteiger charge is 2.53. The molecule has 170 valence electrons. The Labute approximate surface area is 188 Å². The molecule has 2 fully saturated rings. The van der Waals surface area contributed by atoms with Crippen molar-refractivity contribution in [2.45, 2.75) is 31.7 Å². The summed E-state index contributed by atoms with van der Waals surface area (Å²) in [5, 5.41) is 6.94. The van der Waals surface area contributed by atoms with Crippen molar-refractivity contribution in [1.82, 2.24) is 15.5 Å². The lowest BCUT2D eigenvalue weighted by molar-refractivity contribution is -0.127. The molecule has 9 heteroatoms. The number of rotatable bonds is 5. The van der Waals surface area contributed by atoms with Crippen molar-refractivity contribution in [1.29, 1.82) is 0 Å². The number of carbonyl (C=O) groups excluding carboxylic acids is 1. The number of halogens is 2. The molecule has 1 amide bonds. The van der Waals surface area contributed by atoms with Crippen LogP contribution in [0.25, 0.3) is 11.4 Å². The fraction of sp³-hybridized carbons (Fsp3) is 0.375. The third-order valence-electron chi connectivity index (χ3n) is 7.06. The van der Waals surface area contributed by atoms with Gasteiger partial charge < -0.3 is 19.3 Å². The van der Waals surface area contributed by atoms with Gasteiger partial charge in [0, 0.05) is 17.7 Å². The molecule has 4 atom stereocenters. The van der Waals surface area contributed by atoms with E-state index in [1.54, 1.807) is 12.1 Å². The lowest BCUT2D eigenvalue weighted by Gasteiger charge is -2.27. The number of benzene rings is 2. The molecule has 0 spiro atoms. The summed E-state index contributed by atoms with van der Waals surface area (Å²) in [7, 11) is 0. The Morgan fingerprint density at radius 2 is 1.94 bits per heavy atom. The van der Waals surface area contributed by atoms with Gasteiger partial charge in [0.1, 0.15) is 0 Å². The van der Waals surface area contributed by atoms with Gasteiger partial charge in [-0.05, 0) is 55.4 Å². The van der Waals surface area contributed by atoms with Gasteiger partial charge in [0.15, 0.2) is 23.1 Å². The summed E-state index contributed by atoms with van der Waals surface area (Å²) >= 11 is 0. The summed E-state index contributed by atoms with van der Waals surface area (Å²) < 4.78 is 43.9. The van der Waals surface area contributed by atoms with Gasteiger partial charge >= 0.3 is 0 Å². The number of nitrogens with one attached hydrogen (secondary N) is 1. The quantitative estimate of drug-likeness (QED) is 0.624. The topological polar surface area (TPSA) is 86.5 Å². The van der Waals surface area contributed by atoms with Gasteiger partial charge in [-0.15, -0.1) is 0 Å². The zero-order valence-electron chi connectivity index (χ0n) is 17.6. The maximum Gasteiger partial charge on any atom is 0.231 e. The van der Waals surface area contributed by atoms with E-state index in [0.29, 0.717) is 23.2 Å². The van der Waals surface area contributed by atoms with E-state index in [1.165, 1.54) is 12.1 Å². The molecule has 2 bridgehead atoms. The molecule has 7 nitrogen and oxygen atoms in total. The fourth-order valence-electron chi connectivity index (χ4n) is 5.53. The minimum Gasteiger partial charge on any atom is -0.454 e. The summed E-state index contributed by atoms with van der Waals surface area (Å²) in [5.74, 6) is 0.0381. The van der Waals surface area contributed by atoms with Crippen LogP contribution < -0.4 is 14.8 Å². The number of ether oxygens (including phenoxy) is 2. The zero-order chi connectivity index (χ0) is 22.5. The summed E-state index contributed by atoms with van der Waals surface area (Å²) in [4.78, 5) is 17.8. The standard InChI is InChI=1S/C24H21F2N3O4/c25-16-3-1-2-15(21(16)26)10-27-23(30)19-12-4-5-13(8-12)20(19)24-28-22(29-33-24)14-6-7-17-18(9-14)32-11-31-17/h1-3,6-7,9,12-13,19-20H,4-5,8,10-11H2,(H,27,30)/t12-,13+,19-,20-/m0/s1. The van der Waals surface area contributed by atoms with Gasteiger partial charge in [0.2, 0.25) is 24.4 Å². The maximum absolute atomic E-state index is 14.0. The van der Waals surface area contributed by atoms with Gasteiger partial charge in [0.05, 0.1) is 11.8 Å². The van der Waals surface area contributed by atoms with Gasteiger partial charge in [-0.25, -0.2) is 8.78 Å². The molecule has 0 unspecified atom stereocenters. The molecule has 0 radical (unpaired) electrons. The SMILES string of the molecule is O=C(NCc1cccc(F)c1F)[C@H]1[C@H]2CC[C@H](C2)[C@@H]1c1nc(-c2ccc3c(c2)OCO3)no1. The maximum atomic E-state index is 14.0. The number of carbonyl (C=O) groups is 1. The van der Waals surface area contributed by atoms with Crippen molar-refractivity contribution in [3.8, 4) is 22.9 Å². The van der Waals surface area contributed by atoms with Crippen molar-refractivity contribution < 1.29 is 27.6 Å². The van der Waals surface area contributed by atoms with Gasteiger partial charge in [-0.1, -0.05) is 17.3 Å². The molecule has 3 aromatic rings. The molecule has 2 heterocycles. The van der Waals surface area contributed by atoms with Crippen LogP contribution in [0.15, 0.2) is 40.9 Å². The smallest absolute Gasteiger partial charge is 0.231 e. The lowest BCUT2D eigenvalue weighted by atomic mass is 9.78. The van der Waals surface area contributed by atoms with E-state index in [-0.39, 0.29) is 48.5 Å². The summed E-state index contributed by atoms with van der Waals surface area (Å²) in [6.07, 6.45) is 2.87. The zero-order valence-corrected chi connectivity index (χ0v) is 17.6. The van der Waals surface area contributed by atoms with Crippen LogP contribution >= 0.6 is 0 Å². The molecule has 1 aliphatic heterocycles. The molecule has 2 aliphatic carbocycles. The Kier molecular flexibility index (Phi) is 4.78. The van der Waals surface area contributed by atoms with E-state index < -0.39 is 11.6 Å². The van der Waals surface area contributed by atoms with Crippen LogP contribution in [-0.2, 0) is 11.3 Å². The number of hydrogen-bond donors (Lipinski definition) is 1. The summed E-state index contributed by atoms with van der Waals surface area (Å²) in [6.45, 7) is 0.104. The lowest BCUT2D eigenvalue weighted by Crippen LogP contribution is -2.37. The molecular formula is C24H21F2N3O4. The molecule has 6 rings (SSSR count). The summed E-state index contributed by atoms with van der Waals surface area (Å²) in [5.41, 5.74) is 0.853. The number of hydrogen-bond acceptors (Lipinski definition) is 6. The average Bonchev–Trinajstić information content (AvgIpc) is 3.62. The van der Waals surface area contributed by atoms with Crippen molar-refractivity contribution in [2.75, 3.05) is 6.79 Å².